The van der Waals surface area contributed by atoms with Crippen molar-refractivity contribution < 1.29 is 9.84 Å². The van der Waals surface area contributed by atoms with E-state index in [0.29, 0.717) is 13.2 Å². The van der Waals surface area contributed by atoms with E-state index in [1.54, 1.807) is 0 Å². The van der Waals surface area contributed by atoms with Gasteiger partial charge in [0.2, 0.25) is 0 Å². The summed E-state index contributed by atoms with van der Waals surface area (Å²) in [5.41, 5.74) is 5.99. The molecular formula is C24H31N3O2. The maximum Gasteiger partial charge on any atom is 0.119 e. The molecule has 2 aromatic carbocycles. The second kappa shape index (κ2) is 8.89. The highest BCUT2D eigenvalue weighted by Crippen LogP contribution is 2.29. The number of allylic oxidation sites excluding steroid dienone is 1. The van der Waals surface area contributed by atoms with Crippen LogP contribution in [0.2, 0.25) is 0 Å². The van der Waals surface area contributed by atoms with Gasteiger partial charge in [0, 0.05) is 49.8 Å². The number of nitrogens with one attached hydrogen (secondary N) is 1. The smallest absolute Gasteiger partial charge is 0.119 e. The number of aliphatic hydroxyl groups excluding tert-OH is 1. The van der Waals surface area contributed by atoms with E-state index in [1.165, 1.54) is 16.8 Å². The van der Waals surface area contributed by atoms with Crippen molar-refractivity contribution in [1.29, 1.82) is 0 Å². The number of rotatable bonds is 6. The van der Waals surface area contributed by atoms with Gasteiger partial charge in [-0.2, -0.15) is 0 Å². The fourth-order valence-corrected chi connectivity index (χ4v) is 4.01. The lowest BCUT2D eigenvalue weighted by atomic mass is 10.0. The fraction of sp³-hybridized carbons (Fsp3) is 0.417. The lowest BCUT2D eigenvalue weighted by Gasteiger charge is -2.36. The van der Waals surface area contributed by atoms with Crippen LogP contribution >= 0.6 is 0 Å². The number of fused-ring (bicyclic) bond motifs is 1. The molecule has 2 aliphatic rings. The molecule has 0 bridgehead atoms. The van der Waals surface area contributed by atoms with E-state index in [1.807, 2.05) is 12.1 Å². The number of hydrogen-bond donors (Lipinski definition) is 2. The number of ether oxygens (including phenoxy) is 1. The van der Waals surface area contributed by atoms with E-state index in [9.17, 15) is 5.11 Å². The van der Waals surface area contributed by atoms with Gasteiger partial charge >= 0.3 is 0 Å². The van der Waals surface area contributed by atoms with Crippen LogP contribution in [0.3, 0.4) is 0 Å². The molecule has 1 fully saturated rings. The molecular weight excluding hydrogens is 362 g/mol. The molecule has 0 spiro atoms. The molecule has 5 heteroatoms. The second-order valence-electron chi connectivity index (χ2n) is 8.14. The third kappa shape index (κ3) is 5.11. The number of benzene rings is 2. The van der Waals surface area contributed by atoms with Crippen molar-refractivity contribution in [2.45, 2.75) is 25.9 Å². The minimum atomic E-state index is -0.491. The zero-order valence-electron chi connectivity index (χ0n) is 17.2. The van der Waals surface area contributed by atoms with Crippen molar-refractivity contribution in [3.63, 3.8) is 0 Å². The molecule has 0 aromatic heterocycles. The average molecular weight is 394 g/mol. The highest BCUT2D eigenvalue weighted by Gasteiger charge is 2.20. The quantitative estimate of drug-likeness (QED) is 0.787. The monoisotopic (exact) mass is 393 g/mol. The highest BCUT2D eigenvalue weighted by atomic mass is 16.5. The van der Waals surface area contributed by atoms with Crippen LogP contribution in [0.25, 0.3) is 0 Å². The first-order chi connectivity index (χ1) is 14.1. The SMILES string of the molecule is C=C1CCc2cc(OC[C@@H](O)CN3CCN(c4ccc(C)cc4)CC3)ccc2N1. The van der Waals surface area contributed by atoms with E-state index < -0.39 is 6.10 Å². The van der Waals surface area contributed by atoms with E-state index >= 15 is 0 Å². The number of anilines is 2. The first-order valence-corrected chi connectivity index (χ1v) is 10.5. The Kier molecular flexibility index (Phi) is 6.07. The Bertz CT molecular complexity index is 842. The van der Waals surface area contributed by atoms with Crippen molar-refractivity contribution in [3.05, 3.63) is 65.9 Å². The average Bonchev–Trinajstić information content (AvgIpc) is 2.73. The Morgan fingerprint density at radius 1 is 1.07 bits per heavy atom. The van der Waals surface area contributed by atoms with Crippen molar-refractivity contribution in [2.75, 3.05) is 49.5 Å². The lowest BCUT2D eigenvalue weighted by Crippen LogP contribution is -2.49. The maximum atomic E-state index is 10.4. The summed E-state index contributed by atoms with van der Waals surface area (Å²) in [5.74, 6) is 0.821. The second-order valence-corrected chi connectivity index (χ2v) is 8.14. The van der Waals surface area contributed by atoms with Gasteiger partial charge in [-0.15, -0.1) is 0 Å². The number of aliphatic hydroxyl groups is 1. The third-order valence-electron chi connectivity index (χ3n) is 5.77. The van der Waals surface area contributed by atoms with Gasteiger partial charge in [-0.1, -0.05) is 24.3 Å². The lowest BCUT2D eigenvalue weighted by molar-refractivity contribution is 0.0663. The number of nitrogens with zero attached hydrogens (tertiary/aromatic N) is 2. The van der Waals surface area contributed by atoms with Crippen LogP contribution in [0.15, 0.2) is 54.7 Å². The van der Waals surface area contributed by atoms with Gasteiger partial charge in [-0.25, -0.2) is 0 Å². The summed E-state index contributed by atoms with van der Waals surface area (Å²) in [7, 11) is 0. The molecule has 1 saturated heterocycles. The number of aryl methyl sites for hydroxylation is 2. The van der Waals surface area contributed by atoms with Gasteiger partial charge < -0.3 is 20.1 Å². The third-order valence-corrected chi connectivity index (χ3v) is 5.77. The molecule has 154 valence electrons. The molecule has 2 N–H and O–H groups in total. The summed E-state index contributed by atoms with van der Waals surface area (Å²) in [5, 5.41) is 13.8. The van der Waals surface area contributed by atoms with Gasteiger partial charge in [-0.05, 0) is 55.7 Å². The summed E-state index contributed by atoms with van der Waals surface area (Å²) in [4.78, 5) is 4.73. The van der Waals surface area contributed by atoms with E-state index in [-0.39, 0.29) is 0 Å². The summed E-state index contributed by atoms with van der Waals surface area (Å²) in [6.45, 7) is 11.0. The fourth-order valence-electron chi connectivity index (χ4n) is 4.01. The van der Waals surface area contributed by atoms with Gasteiger partial charge in [0.25, 0.3) is 0 Å². The molecule has 0 unspecified atom stereocenters. The largest absolute Gasteiger partial charge is 0.491 e. The number of piperazine rings is 1. The molecule has 2 aliphatic heterocycles. The minimum absolute atomic E-state index is 0.317. The molecule has 0 radical (unpaired) electrons. The molecule has 0 amide bonds. The van der Waals surface area contributed by atoms with Crippen molar-refractivity contribution in [2.24, 2.45) is 0 Å². The van der Waals surface area contributed by atoms with Crippen LogP contribution in [0, 0.1) is 6.92 Å². The van der Waals surface area contributed by atoms with Gasteiger partial charge in [0.1, 0.15) is 18.5 Å². The van der Waals surface area contributed by atoms with Crippen LogP contribution in [-0.4, -0.2) is 55.4 Å². The molecule has 0 aliphatic carbocycles. The number of hydrogen-bond acceptors (Lipinski definition) is 5. The molecule has 0 saturated carbocycles. The van der Waals surface area contributed by atoms with Crippen LogP contribution in [0.5, 0.6) is 5.75 Å². The van der Waals surface area contributed by atoms with Gasteiger partial charge in [0.15, 0.2) is 0 Å². The zero-order valence-corrected chi connectivity index (χ0v) is 17.2. The molecule has 2 heterocycles. The van der Waals surface area contributed by atoms with E-state index in [2.05, 4.69) is 59.0 Å². The first-order valence-electron chi connectivity index (χ1n) is 10.5. The standard InChI is InChI=1S/C24H31N3O2/c1-18-3-7-21(8-4-18)27-13-11-26(12-14-27)16-22(28)17-29-23-9-10-24-20(15-23)6-5-19(2)25-24/h3-4,7-10,15,22,25,28H,2,5-6,11-14,16-17H2,1H3/t22-/m0/s1. The van der Waals surface area contributed by atoms with Crippen LogP contribution in [0.1, 0.15) is 17.5 Å². The predicted molar refractivity (Wildman–Crippen MR) is 119 cm³/mol. The molecule has 1 atom stereocenters. The topological polar surface area (TPSA) is 48.0 Å². The Balaban J connectivity index is 1.22. The van der Waals surface area contributed by atoms with Crippen LogP contribution < -0.4 is 15.0 Å². The van der Waals surface area contributed by atoms with E-state index in [4.69, 9.17) is 4.74 Å². The Labute approximate surface area is 173 Å². The first kappa shape index (κ1) is 19.8. The Hall–Kier alpha value is -2.50. The minimum Gasteiger partial charge on any atom is -0.491 e. The maximum absolute atomic E-state index is 10.4. The van der Waals surface area contributed by atoms with E-state index in [0.717, 1.165) is 56.2 Å². The Morgan fingerprint density at radius 2 is 1.83 bits per heavy atom. The van der Waals surface area contributed by atoms with Gasteiger partial charge in [0.05, 0.1) is 0 Å². The summed E-state index contributed by atoms with van der Waals surface area (Å²) >= 11 is 0. The zero-order chi connectivity index (χ0) is 20.2. The predicted octanol–water partition coefficient (Wildman–Crippen LogP) is 3.43. The van der Waals surface area contributed by atoms with Crippen molar-refractivity contribution in [3.8, 4) is 5.75 Å². The van der Waals surface area contributed by atoms with Gasteiger partial charge in [-0.3, -0.25) is 4.90 Å². The Morgan fingerprint density at radius 3 is 2.59 bits per heavy atom. The highest BCUT2D eigenvalue weighted by molar-refractivity contribution is 5.59. The molecule has 29 heavy (non-hydrogen) atoms. The molecule has 4 rings (SSSR count). The molecule has 5 nitrogen and oxygen atoms in total. The molecule has 2 aromatic rings. The summed E-state index contributed by atoms with van der Waals surface area (Å²) in [6.07, 6.45) is 1.44. The van der Waals surface area contributed by atoms with Crippen molar-refractivity contribution in [1.82, 2.24) is 4.90 Å². The summed E-state index contributed by atoms with van der Waals surface area (Å²) in [6, 6.07) is 14.8. The normalized spacial score (nSPS) is 18.1. The van der Waals surface area contributed by atoms with Crippen LogP contribution in [0.4, 0.5) is 11.4 Å². The van der Waals surface area contributed by atoms with Crippen LogP contribution in [-0.2, 0) is 6.42 Å². The van der Waals surface area contributed by atoms with Crippen molar-refractivity contribution >= 4 is 11.4 Å². The number of β-amino-alcohol motifs (C(OH)–C–C–N with tert-alkyl or cyclic N) is 1. The summed E-state index contributed by atoms with van der Waals surface area (Å²) < 4.78 is 5.87.